The molecule has 0 aliphatic rings. The molecule has 0 unspecified atom stereocenters. The van der Waals surface area contributed by atoms with Gasteiger partial charge in [-0.05, 0) is 20.8 Å². The Morgan fingerprint density at radius 1 is 0.938 bits per heavy atom. The highest BCUT2D eigenvalue weighted by Crippen LogP contribution is 1.97. The summed E-state index contributed by atoms with van der Waals surface area (Å²) in [6.45, 7) is 10.5. The highest BCUT2D eigenvalue weighted by Gasteiger charge is 2.10. The zero-order valence-corrected chi connectivity index (χ0v) is 10.4. The van der Waals surface area contributed by atoms with Crippen LogP contribution >= 0.6 is 0 Å². The minimum absolute atomic E-state index is 0.558. The molecule has 0 bridgehead atoms. The average Bonchev–Trinajstić information content (AvgIpc) is 2.26. The van der Waals surface area contributed by atoms with Crippen molar-refractivity contribution >= 4 is 11.9 Å². The van der Waals surface area contributed by atoms with E-state index in [0.717, 1.165) is 0 Å². The number of hydrogen-bond donors (Lipinski definition) is 2. The number of carboxylic acids is 2. The van der Waals surface area contributed by atoms with E-state index in [-0.39, 0.29) is 0 Å². The van der Waals surface area contributed by atoms with E-state index in [1.807, 2.05) is 0 Å². The molecule has 0 fully saturated rings. The molecule has 5 heteroatoms. The predicted molar refractivity (Wildman–Crippen MR) is 62.2 cm³/mol. The van der Waals surface area contributed by atoms with Crippen molar-refractivity contribution in [3.63, 3.8) is 0 Å². The quantitative estimate of drug-likeness (QED) is 0.552. The van der Waals surface area contributed by atoms with E-state index in [1.54, 1.807) is 0 Å². The summed E-state index contributed by atoms with van der Waals surface area (Å²) in [7, 11) is 2.29. The Hall–Kier alpha value is -1.36. The average molecular weight is 232 g/mol. The van der Waals surface area contributed by atoms with Gasteiger partial charge in [0.2, 0.25) is 0 Å². The van der Waals surface area contributed by atoms with Gasteiger partial charge in [-0.1, -0.05) is 0 Å². The number of hydrogen-bond acceptors (Lipinski definition) is 2. The van der Waals surface area contributed by atoms with Crippen molar-refractivity contribution in [2.75, 3.05) is 26.7 Å². The maximum absolute atomic E-state index is 9.55. The number of rotatable bonds is 5. The first-order valence-electron chi connectivity index (χ1n) is 5.28. The summed E-state index contributed by atoms with van der Waals surface area (Å²) in [6.07, 6.45) is 1.12. The minimum atomic E-state index is -1.26. The lowest BCUT2D eigenvalue weighted by Gasteiger charge is -2.30. The first kappa shape index (κ1) is 17.0. The maximum Gasteiger partial charge on any atom is 0.328 e. The van der Waals surface area contributed by atoms with Crippen LogP contribution in [0.2, 0.25) is 0 Å². The second-order valence-corrected chi connectivity index (χ2v) is 3.58. The van der Waals surface area contributed by atoms with E-state index in [9.17, 15) is 9.59 Å². The van der Waals surface area contributed by atoms with Gasteiger partial charge in [0.15, 0.2) is 0 Å². The highest BCUT2D eigenvalue weighted by molar-refractivity contribution is 5.89. The SMILES string of the molecule is CC[N+](C)(CC)CC.O=C(O)C=CC(=O)O. The van der Waals surface area contributed by atoms with Crippen LogP contribution in [0.3, 0.4) is 0 Å². The largest absolute Gasteiger partial charge is 0.478 e. The van der Waals surface area contributed by atoms with Gasteiger partial charge >= 0.3 is 11.9 Å². The van der Waals surface area contributed by atoms with Crippen molar-refractivity contribution in [2.45, 2.75) is 20.8 Å². The number of quaternary nitrogens is 1. The first-order chi connectivity index (χ1) is 7.31. The number of carboxylic acid groups (broad SMARTS) is 2. The molecule has 0 rings (SSSR count). The van der Waals surface area contributed by atoms with Crippen LogP contribution in [0.15, 0.2) is 12.2 Å². The molecule has 0 aromatic heterocycles. The van der Waals surface area contributed by atoms with Crippen molar-refractivity contribution in [3.8, 4) is 0 Å². The van der Waals surface area contributed by atoms with E-state index in [4.69, 9.17) is 10.2 Å². The zero-order valence-electron chi connectivity index (χ0n) is 10.4. The summed E-state index contributed by atoms with van der Waals surface area (Å²) in [5, 5.41) is 15.6. The normalized spacial score (nSPS) is 10.8. The van der Waals surface area contributed by atoms with Crippen LogP contribution in [0.25, 0.3) is 0 Å². The standard InChI is InChI=1S/C7H18N.C4H4O4/c1-5-8(4,6-2)7-3;5-3(6)1-2-4(7)8/h5-7H2,1-4H3;1-2H,(H,5,6)(H,7,8)/q+1;. The highest BCUT2D eigenvalue weighted by atomic mass is 16.4. The number of aliphatic carboxylic acids is 2. The molecule has 0 atom stereocenters. The molecule has 0 spiro atoms. The molecule has 94 valence electrons. The fourth-order valence-electron chi connectivity index (χ4n) is 0.813. The lowest BCUT2D eigenvalue weighted by molar-refractivity contribution is -0.904. The van der Waals surface area contributed by atoms with Gasteiger partial charge in [0, 0.05) is 12.2 Å². The molecular formula is C11H22NO4+. The summed E-state index contributed by atoms with van der Waals surface area (Å²) in [5.41, 5.74) is 0. The van der Waals surface area contributed by atoms with Crippen LogP contribution in [0, 0.1) is 0 Å². The summed E-state index contributed by atoms with van der Waals surface area (Å²) >= 11 is 0. The summed E-state index contributed by atoms with van der Waals surface area (Å²) in [4.78, 5) is 19.1. The van der Waals surface area contributed by atoms with E-state index in [1.165, 1.54) is 24.1 Å². The van der Waals surface area contributed by atoms with E-state index in [0.29, 0.717) is 12.2 Å². The molecule has 0 amide bonds. The third-order valence-corrected chi connectivity index (χ3v) is 2.66. The van der Waals surface area contributed by atoms with Crippen molar-refractivity contribution in [2.24, 2.45) is 0 Å². The second-order valence-electron chi connectivity index (χ2n) is 3.58. The van der Waals surface area contributed by atoms with Gasteiger partial charge in [0.25, 0.3) is 0 Å². The molecular weight excluding hydrogens is 210 g/mol. The molecule has 0 saturated carbocycles. The van der Waals surface area contributed by atoms with Crippen molar-refractivity contribution < 1.29 is 24.3 Å². The zero-order chi connectivity index (χ0) is 13.2. The van der Waals surface area contributed by atoms with Crippen LogP contribution in [0.5, 0.6) is 0 Å². The van der Waals surface area contributed by atoms with Gasteiger partial charge in [0.1, 0.15) is 0 Å². The smallest absolute Gasteiger partial charge is 0.328 e. The Morgan fingerprint density at radius 2 is 1.19 bits per heavy atom. The van der Waals surface area contributed by atoms with Crippen LogP contribution in [0.1, 0.15) is 20.8 Å². The second kappa shape index (κ2) is 8.91. The molecule has 0 radical (unpaired) electrons. The fraction of sp³-hybridized carbons (Fsp3) is 0.636. The molecule has 16 heavy (non-hydrogen) atoms. The van der Waals surface area contributed by atoms with Crippen LogP contribution in [-0.2, 0) is 9.59 Å². The summed E-state index contributed by atoms with van der Waals surface area (Å²) in [6, 6.07) is 0. The van der Waals surface area contributed by atoms with E-state index >= 15 is 0 Å². The van der Waals surface area contributed by atoms with Gasteiger partial charge < -0.3 is 14.7 Å². The maximum atomic E-state index is 9.55. The third kappa shape index (κ3) is 10.7. The van der Waals surface area contributed by atoms with E-state index < -0.39 is 11.9 Å². The van der Waals surface area contributed by atoms with Crippen molar-refractivity contribution in [1.29, 1.82) is 0 Å². The lowest BCUT2D eigenvalue weighted by atomic mass is 10.4. The van der Waals surface area contributed by atoms with Gasteiger partial charge in [0.05, 0.1) is 26.7 Å². The third-order valence-electron chi connectivity index (χ3n) is 2.66. The monoisotopic (exact) mass is 232 g/mol. The van der Waals surface area contributed by atoms with Gasteiger partial charge in [-0.2, -0.15) is 0 Å². The molecule has 0 aliphatic heterocycles. The van der Waals surface area contributed by atoms with E-state index in [2.05, 4.69) is 27.8 Å². The summed E-state index contributed by atoms with van der Waals surface area (Å²) in [5.74, 6) is -2.51. The molecule has 0 aromatic rings. The van der Waals surface area contributed by atoms with Gasteiger partial charge in [-0.25, -0.2) is 9.59 Å². The molecule has 0 aromatic carbocycles. The van der Waals surface area contributed by atoms with Gasteiger partial charge in [-0.15, -0.1) is 0 Å². The Balaban J connectivity index is 0. The number of nitrogens with zero attached hydrogens (tertiary/aromatic N) is 1. The molecule has 2 N–H and O–H groups in total. The topological polar surface area (TPSA) is 74.6 Å². The Morgan fingerprint density at radius 3 is 1.25 bits per heavy atom. The Labute approximate surface area is 96.6 Å². The van der Waals surface area contributed by atoms with Crippen molar-refractivity contribution in [3.05, 3.63) is 12.2 Å². The Kier molecular flexibility index (Phi) is 9.49. The summed E-state index contributed by atoms with van der Waals surface area (Å²) < 4.78 is 1.21. The van der Waals surface area contributed by atoms with Crippen LogP contribution in [-0.4, -0.2) is 53.3 Å². The fourth-order valence-corrected chi connectivity index (χ4v) is 0.813. The number of carbonyl (C=O) groups is 2. The molecule has 0 heterocycles. The Bertz CT molecular complexity index is 220. The van der Waals surface area contributed by atoms with Crippen LogP contribution < -0.4 is 0 Å². The lowest BCUT2D eigenvalue weighted by Crippen LogP contribution is -2.42. The molecule has 0 aliphatic carbocycles. The predicted octanol–water partition coefficient (Wildman–Crippen LogP) is 1.20. The molecule has 5 nitrogen and oxygen atoms in total. The minimum Gasteiger partial charge on any atom is -0.478 e. The van der Waals surface area contributed by atoms with Crippen LogP contribution in [0.4, 0.5) is 0 Å². The molecule has 0 saturated heterocycles. The first-order valence-corrected chi connectivity index (χ1v) is 5.28. The van der Waals surface area contributed by atoms with Gasteiger partial charge in [-0.3, -0.25) is 0 Å². The van der Waals surface area contributed by atoms with Crippen molar-refractivity contribution in [1.82, 2.24) is 0 Å².